The van der Waals surface area contributed by atoms with Crippen molar-refractivity contribution in [1.29, 1.82) is 0 Å². The van der Waals surface area contributed by atoms with E-state index in [0.717, 1.165) is 43.0 Å². The molecule has 14 heteroatoms. The highest BCUT2D eigenvalue weighted by Gasteiger charge is 2.37. The van der Waals surface area contributed by atoms with Crippen molar-refractivity contribution in [2.24, 2.45) is 0 Å². The van der Waals surface area contributed by atoms with Crippen LogP contribution in [0.2, 0.25) is 0 Å². The van der Waals surface area contributed by atoms with Gasteiger partial charge >= 0.3 is 12.2 Å². The van der Waals surface area contributed by atoms with Crippen molar-refractivity contribution in [2.45, 2.75) is 39.2 Å². The van der Waals surface area contributed by atoms with Crippen LogP contribution in [-0.4, -0.2) is 88.0 Å². The molecule has 12 nitrogen and oxygen atoms in total. The quantitative estimate of drug-likeness (QED) is 0.151. The summed E-state index contributed by atoms with van der Waals surface area (Å²) in [6, 6.07) is 18.5. The molecule has 0 bridgehead atoms. The van der Waals surface area contributed by atoms with Crippen LogP contribution in [0, 0.1) is 6.92 Å². The molecule has 0 spiro atoms. The van der Waals surface area contributed by atoms with Gasteiger partial charge in [-0.15, -0.1) is 22.9 Å². The molecule has 0 radical (unpaired) electrons. The SMILES string of the molecule is Cc1csc2c(OC(=O)N3CCN(C(=O)OC(C)(C)C)CC3)cc3c(c12)C(CCl)CN3C(=O)c1cc2cc(NC(=O)c3cc4ccccc4[nH]3)ccc2[nH]1. The first-order chi connectivity index (χ1) is 25.9. The molecule has 3 aromatic heterocycles. The normalized spacial score (nSPS) is 15.9. The maximum Gasteiger partial charge on any atom is 0.415 e. The number of aromatic nitrogens is 2. The van der Waals surface area contributed by atoms with Gasteiger partial charge in [0.2, 0.25) is 0 Å². The predicted molar refractivity (Wildman–Crippen MR) is 212 cm³/mol. The monoisotopic (exact) mass is 766 g/mol. The summed E-state index contributed by atoms with van der Waals surface area (Å²) in [5, 5.41) is 7.60. The number of halogens is 1. The van der Waals surface area contributed by atoms with Crippen LogP contribution in [0.5, 0.6) is 5.75 Å². The summed E-state index contributed by atoms with van der Waals surface area (Å²) in [5.41, 5.74) is 5.01. The second-order valence-corrected chi connectivity index (χ2v) is 15.9. The van der Waals surface area contributed by atoms with Gasteiger partial charge < -0.3 is 39.5 Å². The minimum absolute atomic E-state index is 0.136. The third-order valence-electron chi connectivity index (χ3n) is 9.82. The van der Waals surface area contributed by atoms with Crippen molar-refractivity contribution in [3.8, 4) is 5.75 Å². The second-order valence-electron chi connectivity index (χ2n) is 14.7. The van der Waals surface area contributed by atoms with Crippen LogP contribution < -0.4 is 15.0 Å². The summed E-state index contributed by atoms with van der Waals surface area (Å²) in [6.45, 7) is 9.05. The van der Waals surface area contributed by atoms with Crippen molar-refractivity contribution in [1.82, 2.24) is 19.8 Å². The lowest BCUT2D eigenvalue weighted by molar-refractivity contribution is 0.0154. The van der Waals surface area contributed by atoms with Crippen LogP contribution in [0.15, 0.2) is 66.0 Å². The van der Waals surface area contributed by atoms with Gasteiger partial charge in [-0.25, -0.2) is 9.59 Å². The van der Waals surface area contributed by atoms with Crippen LogP contribution in [0.4, 0.5) is 21.0 Å². The number of aromatic amines is 2. The van der Waals surface area contributed by atoms with E-state index in [1.165, 1.54) is 11.3 Å². The summed E-state index contributed by atoms with van der Waals surface area (Å²) in [4.78, 5) is 64.7. The number of nitrogens with zero attached hydrogens (tertiary/aromatic N) is 3. The van der Waals surface area contributed by atoms with E-state index < -0.39 is 17.8 Å². The number of thiophene rings is 1. The number of carbonyl (C=O) groups is 4. The summed E-state index contributed by atoms with van der Waals surface area (Å²) in [7, 11) is 0. The Morgan fingerprint density at radius 1 is 0.889 bits per heavy atom. The maximum atomic E-state index is 14.3. The second kappa shape index (κ2) is 13.7. The zero-order chi connectivity index (χ0) is 37.9. The molecule has 1 atom stereocenters. The molecule has 1 fully saturated rings. The number of benzene rings is 3. The molecule has 6 aromatic rings. The molecule has 1 unspecified atom stereocenters. The molecule has 8 rings (SSSR count). The minimum atomic E-state index is -0.612. The molecule has 2 aliphatic heterocycles. The summed E-state index contributed by atoms with van der Waals surface area (Å²) < 4.78 is 12.4. The number of H-pyrrole nitrogens is 2. The first kappa shape index (κ1) is 35.5. The third-order valence-corrected chi connectivity index (χ3v) is 11.3. The number of anilines is 2. The largest absolute Gasteiger partial charge is 0.444 e. The van der Waals surface area contributed by atoms with E-state index in [-0.39, 0.29) is 17.7 Å². The minimum Gasteiger partial charge on any atom is -0.444 e. The lowest BCUT2D eigenvalue weighted by Gasteiger charge is -2.35. The average Bonchev–Trinajstić information content (AvgIpc) is 3.94. The molecule has 4 amide bonds. The van der Waals surface area contributed by atoms with E-state index >= 15 is 0 Å². The Hall–Kier alpha value is -5.53. The van der Waals surface area contributed by atoms with Gasteiger partial charge in [-0.05, 0) is 80.6 Å². The summed E-state index contributed by atoms with van der Waals surface area (Å²) >= 11 is 8.03. The lowest BCUT2D eigenvalue weighted by atomic mass is 9.97. The van der Waals surface area contributed by atoms with E-state index in [9.17, 15) is 19.2 Å². The molecule has 2 aliphatic rings. The fourth-order valence-electron chi connectivity index (χ4n) is 7.22. The molecular formula is C40H39ClN6O6S. The summed E-state index contributed by atoms with van der Waals surface area (Å²) in [6.07, 6.45) is -0.939. The Morgan fingerprint density at radius 2 is 1.57 bits per heavy atom. The van der Waals surface area contributed by atoms with Gasteiger partial charge in [0.05, 0.1) is 10.4 Å². The van der Waals surface area contributed by atoms with E-state index in [1.54, 1.807) is 32.9 Å². The molecule has 54 heavy (non-hydrogen) atoms. The first-order valence-electron chi connectivity index (χ1n) is 17.8. The Kier molecular flexibility index (Phi) is 9.01. The molecular weight excluding hydrogens is 728 g/mol. The molecule has 1 saturated heterocycles. The summed E-state index contributed by atoms with van der Waals surface area (Å²) in [5.74, 6) is -0.00222. The molecule has 3 N–H and O–H groups in total. The Labute approximate surface area is 319 Å². The third kappa shape index (κ3) is 6.62. The Bertz CT molecular complexity index is 2440. The number of para-hydroxylation sites is 1. The molecule has 3 aromatic carbocycles. The number of rotatable bonds is 5. The van der Waals surface area contributed by atoms with Crippen molar-refractivity contribution < 1.29 is 28.7 Å². The lowest BCUT2D eigenvalue weighted by Crippen LogP contribution is -2.52. The van der Waals surface area contributed by atoms with Crippen molar-refractivity contribution in [3.63, 3.8) is 0 Å². The van der Waals surface area contributed by atoms with Crippen LogP contribution in [0.3, 0.4) is 0 Å². The molecule has 5 heterocycles. The van der Waals surface area contributed by atoms with E-state index in [2.05, 4.69) is 15.3 Å². The van der Waals surface area contributed by atoms with Gasteiger partial charge in [-0.2, -0.15) is 0 Å². The van der Waals surface area contributed by atoms with Gasteiger partial charge in [-0.1, -0.05) is 18.2 Å². The molecule has 278 valence electrons. The maximum absolute atomic E-state index is 14.3. The number of nitrogens with one attached hydrogen (secondary N) is 3. The number of amides is 4. The van der Waals surface area contributed by atoms with Crippen molar-refractivity contribution in [3.05, 3.63) is 88.6 Å². The predicted octanol–water partition coefficient (Wildman–Crippen LogP) is 8.46. The van der Waals surface area contributed by atoms with Crippen molar-refractivity contribution in [2.75, 3.05) is 48.8 Å². The number of hydrogen-bond donors (Lipinski definition) is 3. The van der Waals surface area contributed by atoms with E-state index in [1.807, 2.05) is 75.5 Å². The average molecular weight is 767 g/mol. The zero-order valence-corrected chi connectivity index (χ0v) is 31.8. The number of piperazine rings is 1. The van der Waals surface area contributed by atoms with Crippen LogP contribution in [-0.2, 0) is 4.74 Å². The molecule has 0 aliphatic carbocycles. The number of carbonyl (C=O) groups excluding carboxylic acids is 4. The smallest absolute Gasteiger partial charge is 0.415 e. The molecule has 0 saturated carbocycles. The fraction of sp³-hybridized carbons (Fsp3) is 0.300. The van der Waals surface area contributed by atoms with Gasteiger partial charge in [0.1, 0.15) is 17.0 Å². The zero-order valence-electron chi connectivity index (χ0n) is 30.2. The van der Waals surface area contributed by atoms with Crippen molar-refractivity contribution >= 4 is 90.2 Å². The number of ether oxygens (including phenoxy) is 2. The van der Waals surface area contributed by atoms with Gasteiger partial charge in [-0.3, -0.25) is 9.59 Å². The number of alkyl halides is 1. The Morgan fingerprint density at radius 3 is 2.30 bits per heavy atom. The van der Waals surface area contributed by atoms with Gasteiger partial charge in [0.15, 0.2) is 5.75 Å². The highest BCUT2D eigenvalue weighted by atomic mass is 35.5. The van der Waals surface area contributed by atoms with Crippen LogP contribution >= 0.6 is 22.9 Å². The van der Waals surface area contributed by atoms with E-state index in [0.29, 0.717) is 67.1 Å². The topological polar surface area (TPSA) is 140 Å². The van der Waals surface area contributed by atoms with Crippen LogP contribution in [0.25, 0.3) is 31.9 Å². The van der Waals surface area contributed by atoms with Gasteiger partial charge in [0, 0.05) is 83.5 Å². The first-order valence-corrected chi connectivity index (χ1v) is 19.2. The van der Waals surface area contributed by atoms with Gasteiger partial charge in [0.25, 0.3) is 11.8 Å². The number of hydrogen-bond acceptors (Lipinski definition) is 7. The fourth-order valence-corrected chi connectivity index (χ4v) is 8.49. The number of aryl methyl sites for hydroxylation is 1. The number of fused-ring (bicyclic) bond motifs is 5. The van der Waals surface area contributed by atoms with Crippen LogP contribution in [0.1, 0.15) is 58.8 Å². The Balaban J connectivity index is 1.03. The standard InChI is InChI=1S/C40H39ClN6O6S/c1-22-21-54-35-32(52-38(50)45-11-13-46(14-12-45)39(51)53-40(2,3)4)18-31-34(33(22)35)25(19-41)20-47(31)37(49)30-17-24-15-26(9-10-28(24)44-30)42-36(48)29-16-23-7-5-6-8-27(23)43-29/h5-10,15-18,21,25,43-44H,11-14,19-20H2,1-4H3,(H,42,48). The van der Waals surface area contributed by atoms with E-state index in [4.69, 9.17) is 21.1 Å². The highest BCUT2D eigenvalue weighted by molar-refractivity contribution is 7.17. The highest BCUT2D eigenvalue weighted by Crippen LogP contribution is 2.49.